The second kappa shape index (κ2) is 5.50. The van der Waals surface area contributed by atoms with Gasteiger partial charge in [-0.25, -0.2) is 0 Å². The lowest BCUT2D eigenvalue weighted by molar-refractivity contribution is -0.163. The van der Waals surface area contributed by atoms with E-state index in [4.69, 9.17) is 4.74 Å². The van der Waals surface area contributed by atoms with Crippen LogP contribution in [0.5, 0.6) is 0 Å². The molecule has 3 rings (SSSR count). The first-order valence-corrected chi connectivity index (χ1v) is 9.27. The van der Waals surface area contributed by atoms with E-state index < -0.39 is 0 Å². The molecule has 3 aliphatic carbocycles. The molecule has 0 aromatic carbocycles. The van der Waals surface area contributed by atoms with E-state index in [-0.39, 0.29) is 22.2 Å². The van der Waals surface area contributed by atoms with Crippen molar-refractivity contribution in [1.29, 1.82) is 0 Å². The van der Waals surface area contributed by atoms with Crippen LogP contribution in [-0.4, -0.2) is 13.1 Å². The summed E-state index contributed by atoms with van der Waals surface area (Å²) in [6, 6.07) is 0. The molecule has 0 N–H and O–H groups in total. The molecule has 0 amide bonds. The molecule has 3 aliphatic rings. The Morgan fingerprint density at radius 2 is 1.87 bits per heavy atom. The first-order valence-electron chi connectivity index (χ1n) is 9.27. The van der Waals surface area contributed by atoms with Crippen LogP contribution >= 0.6 is 0 Å². The molecule has 1 fully saturated rings. The van der Waals surface area contributed by atoms with Crippen LogP contribution in [0, 0.1) is 22.2 Å². The van der Waals surface area contributed by atoms with Crippen molar-refractivity contribution in [3.05, 3.63) is 23.8 Å². The highest BCUT2D eigenvalue weighted by atomic mass is 16.5. The number of methoxy groups -OCH3 is 1. The first-order chi connectivity index (χ1) is 10.8. The van der Waals surface area contributed by atoms with Gasteiger partial charge in [0, 0.05) is 5.41 Å². The number of hydrogen-bond acceptors (Lipinski definition) is 2. The highest BCUT2D eigenvalue weighted by molar-refractivity contribution is 5.77. The van der Waals surface area contributed by atoms with Crippen molar-refractivity contribution in [3.63, 3.8) is 0 Å². The monoisotopic (exact) mass is 316 g/mol. The van der Waals surface area contributed by atoms with E-state index in [0.29, 0.717) is 5.92 Å². The fourth-order valence-corrected chi connectivity index (χ4v) is 6.21. The predicted octanol–water partition coefficient (Wildman–Crippen LogP) is 5.44. The van der Waals surface area contributed by atoms with Crippen molar-refractivity contribution >= 4 is 5.97 Å². The maximum Gasteiger partial charge on any atom is 0.311 e. The van der Waals surface area contributed by atoms with Crippen LogP contribution in [-0.2, 0) is 9.53 Å². The van der Waals surface area contributed by atoms with E-state index in [1.165, 1.54) is 25.7 Å². The minimum atomic E-state index is -0.317. The highest BCUT2D eigenvalue weighted by Gasteiger charge is 2.57. The summed E-state index contributed by atoms with van der Waals surface area (Å²) in [7, 11) is 1.54. The lowest BCUT2D eigenvalue weighted by Gasteiger charge is -2.57. The predicted molar refractivity (Wildman–Crippen MR) is 94.0 cm³/mol. The lowest BCUT2D eigenvalue weighted by atomic mass is 9.46. The number of esters is 1. The summed E-state index contributed by atoms with van der Waals surface area (Å²) >= 11 is 0. The van der Waals surface area contributed by atoms with Gasteiger partial charge in [-0.05, 0) is 63.2 Å². The van der Waals surface area contributed by atoms with Gasteiger partial charge >= 0.3 is 5.97 Å². The van der Waals surface area contributed by atoms with Gasteiger partial charge in [-0.3, -0.25) is 4.79 Å². The molecule has 0 heterocycles. The Balaban J connectivity index is 2.08. The Bertz CT molecular complexity index is 560. The molecule has 4 atom stereocenters. The van der Waals surface area contributed by atoms with Crippen LogP contribution < -0.4 is 0 Å². The SMILES string of the molecule is C=C[C@@]1(C)CCCC2=C1CC[C@@H]1[C@](C)(C(=O)OC)CCC[C@@]21C. The molecular weight excluding hydrogens is 284 g/mol. The summed E-state index contributed by atoms with van der Waals surface area (Å²) in [5.74, 6) is 0.418. The van der Waals surface area contributed by atoms with Gasteiger partial charge in [0.05, 0.1) is 12.5 Å². The average molecular weight is 316 g/mol. The third-order valence-corrected chi connectivity index (χ3v) is 7.58. The molecule has 0 radical (unpaired) electrons. The zero-order chi connectivity index (χ0) is 16.9. The fourth-order valence-electron chi connectivity index (χ4n) is 6.21. The van der Waals surface area contributed by atoms with E-state index in [1.54, 1.807) is 18.3 Å². The van der Waals surface area contributed by atoms with Crippen LogP contribution in [0.4, 0.5) is 0 Å². The molecule has 0 unspecified atom stereocenters. The van der Waals surface area contributed by atoms with Crippen molar-refractivity contribution in [3.8, 4) is 0 Å². The van der Waals surface area contributed by atoms with E-state index in [1.807, 2.05) is 0 Å². The van der Waals surface area contributed by atoms with Gasteiger partial charge in [0.1, 0.15) is 0 Å². The molecule has 2 heteroatoms. The van der Waals surface area contributed by atoms with Crippen molar-refractivity contribution in [2.75, 3.05) is 7.11 Å². The van der Waals surface area contributed by atoms with Gasteiger partial charge in [0.2, 0.25) is 0 Å². The summed E-state index contributed by atoms with van der Waals surface area (Å²) < 4.78 is 5.21. The maximum absolute atomic E-state index is 12.6. The van der Waals surface area contributed by atoms with Crippen LogP contribution in [0.1, 0.15) is 72.1 Å². The minimum absolute atomic E-state index is 0.000216. The minimum Gasteiger partial charge on any atom is -0.469 e. The Morgan fingerprint density at radius 3 is 2.52 bits per heavy atom. The molecule has 0 bridgehead atoms. The third-order valence-electron chi connectivity index (χ3n) is 7.58. The van der Waals surface area contributed by atoms with E-state index in [9.17, 15) is 4.79 Å². The molecule has 23 heavy (non-hydrogen) atoms. The smallest absolute Gasteiger partial charge is 0.311 e. The first kappa shape index (κ1) is 16.8. The number of carbonyl (C=O) groups excluding carboxylic acids is 1. The molecule has 0 aliphatic heterocycles. The molecule has 0 spiro atoms. The van der Waals surface area contributed by atoms with Gasteiger partial charge in [0.15, 0.2) is 0 Å². The summed E-state index contributed by atoms with van der Waals surface area (Å²) in [4.78, 5) is 12.6. The van der Waals surface area contributed by atoms with Crippen molar-refractivity contribution in [2.45, 2.75) is 72.1 Å². The topological polar surface area (TPSA) is 26.3 Å². The van der Waals surface area contributed by atoms with Crippen molar-refractivity contribution in [1.82, 2.24) is 0 Å². The zero-order valence-corrected chi connectivity index (χ0v) is 15.3. The normalized spacial score (nSPS) is 43.4. The number of hydrogen-bond donors (Lipinski definition) is 0. The quantitative estimate of drug-likeness (QED) is 0.501. The van der Waals surface area contributed by atoms with E-state index >= 15 is 0 Å². The van der Waals surface area contributed by atoms with Gasteiger partial charge in [-0.1, -0.05) is 37.5 Å². The number of allylic oxidation sites excluding steroid dienone is 3. The van der Waals surface area contributed by atoms with Crippen LogP contribution in [0.2, 0.25) is 0 Å². The Morgan fingerprint density at radius 1 is 1.13 bits per heavy atom. The molecular formula is C21H32O2. The number of carbonyl (C=O) groups is 1. The van der Waals surface area contributed by atoms with Crippen molar-refractivity contribution < 1.29 is 9.53 Å². The second-order valence-corrected chi connectivity index (χ2v) is 8.70. The number of ether oxygens (including phenoxy) is 1. The van der Waals surface area contributed by atoms with Crippen LogP contribution in [0.25, 0.3) is 0 Å². The van der Waals surface area contributed by atoms with E-state index in [2.05, 4.69) is 33.4 Å². The molecule has 0 saturated heterocycles. The van der Waals surface area contributed by atoms with Crippen molar-refractivity contribution in [2.24, 2.45) is 22.2 Å². The van der Waals surface area contributed by atoms with Gasteiger partial charge in [0.25, 0.3) is 0 Å². The molecule has 0 aromatic heterocycles. The standard InChI is InChI=1S/C21H32O2/c1-6-19(2)12-7-9-16-15(19)10-11-17-20(16,3)13-8-14-21(17,4)18(22)23-5/h6,17H,1,7-14H2,2-5H3/t17-,19-,20-,21+/m0/s1. The third kappa shape index (κ3) is 2.24. The highest BCUT2D eigenvalue weighted by Crippen LogP contribution is 2.64. The summed E-state index contributed by atoms with van der Waals surface area (Å²) in [6.07, 6.45) is 11.4. The second-order valence-electron chi connectivity index (χ2n) is 8.70. The van der Waals surface area contributed by atoms with Gasteiger partial charge in [-0.15, -0.1) is 6.58 Å². The Labute approximate surface area is 141 Å². The Hall–Kier alpha value is -1.05. The molecule has 2 nitrogen and oxygen atoms in total. The summed E-state index contributed by atoms with van der Waals surface area (Å²) in [6.45, 7) is 11.1. The van der Waals surface area contributed by atoms with Gasteiger partial charge in [-0.2, -0.15) is 0 Å². The largest absolute Gasteiger partial charge is 0.469 e. The lowest BCUT2D eigenvalue weighted by Crippen LogP contribution is -2.52. The molecule has 128 valence electrons. The Kier molecular flexibility index (Phi) is 4.01. The maximum atomic E-state index is 12.6. The average Bonchev–Trinajstić information content (AvgIpc) is 2.54. The van der Waals surface area contributed by atoms with Crippen LogP contribution in [0.15, 0.2) is 23.8 Å². The van der Waals surface area contributed by atoms with Crippen LogP contribution in [0.3, 0.4) is 0 Å². The number of rotatable bonds is 2. The van der Waals surface area contributed by atoms with E-state index in [0.717, 1.165) is 25.7 Å². The fraction of sp³-hybridized carbons (Fsp3) is 0.762. The summed E-state index contributed by atoms with van der Waals surface area (Å²) in [5, 5.41) is 0. The summed E-state index contributed by atoms with van der Waals surface area (Å²) in [5.41, 5.74) is 3.33. The van der Waals surface area contributed by atoms with Gasteiger partial charge < -0.3 is 4.74 Å². The number of fused-ring (bicyclic) bond motifs is 2. The molecule has 1 saturated carbocycles. The molecule has 0 aromatic rings. The zero-order valence-electron chi connectivity index (χ0n) is 15.3.